The van der Waals surface area contributed by atoms with Crippen molar-refractivity contribution in [3.05, 3.63) is 35.6 Å². The van der Waals surface area contributed by atoms with E-state index >= 15 is 0 Å². The van der Waals surface area contributed by atoms with Crippen molar-refractivity contribution >= 4 is 0 Å². The zero-order valence-corrected chi connectivity index (χ0v) is 8.50. The third-order valence-electron chi connectivity index (χ3n) is 2.18. The molecule has 14 heavy (non-hydrogen) atoms. The van der Waals surface area contributed by atoms with E-state index < -0.39 is 0 Å². The second kappa shape index (κ2) is 5.08. The highest BCUT2D eigenvalue weighted by atomic mass is 19.1. The standard InChI is InChI=1S/C11H16FNO/c1-8(7-14)13-9(2)10-3-5-11(12)6-4-10/h3-6,8-9,13-14H,7H2,1-2H3/t8-,9+/m1/s1. The molecule has 2 atom stereocenters. The van der Waals surface area contributed by atoms with Gasteiger partial charge in [-0.1, -0.05) is 12.1 Å². The normalized spacial score (nSPS) is 15.1. The van der Waals surface area contributed by atoms with Crippen molar-refractivity contribution in [2.45, 2.75) is 25.9 Å². The van der Waals surface area contributed by atoms with E-state index in [4.69, 9.17) is 5.11 Å². The summed E-state index contributed by atoms with van der Waals surface area (Å²) in [4.78, 5) is 0. The van der Waals surface area contributed by atoms with Crippen molar-refractivity contribution in [1.29, 1.82) is 0 Å². The Hall–Kier alpha value is -0.930. The van der Waals surface area contributed by atoms with Crippen LogP contribution in [0.1, 0.15) is 25.5 Å². The molecule has 78 valence electrons. The Balaban J connectivity index is 2.60. The van der Waals surface area contributed by atoms with E-state index in [2.05, 4.69) is 5.32 Å². The Morgan fingerprint density at radius 1 is 1.29 bits per heavy atom. The van der Waals surface area contributed by atoms with Gasteiger partial charge in [0, 0.05) is 12.1 Å². The van der Waals surface area contributed by atoms with Crippen LogP contribution in [0.3, 0.4) is 0 Å². The molecular formula is C11H16FNO. The van der Waals surface area contributed by atoms with Crippen LogP contribution in [0.2, 0.25) is 0 Å². The Morgan fingerprint density at radius 2 is 1.86 bits per heavy atom. The van der Waals surface area contributed by atoms with E-state index in [-0.39, 0.29) is 24.5 Å². The van der Waals surface area contributed by atoms with Crippen molar-refractivity contribution in [3.8, 4) is 0 Å². The number of nitrogens with one attached hydrogen (secondary N) is 1. The van der Waals surface area contributed by atoms with Gasteiger partial charge in [0.25, 0.3) is 0 Å². The van der Waals surface area contributed by atoms with Crippen LogP contribution in [0.4, 0.5) is 4.39 Å². The molecule has 3 heteroatoms. The fourth-order valence-electron chi connectivity index (χ4n) is 1.33. The summed E-state index contributed by atoms with van der Waals surface area (Å²) in [6.45, 7) is 3.99. The summed E-state index contributed by atoms with van der Waals surface area (Å²) in [7, 11) is 0. The molecule has 0 amide bonds. The minimum Gasteiger partial charge on any atom is -0.395 e. The van der Waals surface area contributed by atoms with Crippen LogP contribution in [0.5, 0.6) is 0 Å². The summed E-state index contributed by atoms with van der Waals surface area (Å²) in [6, 6.07) is 6.55. The number of benzene rings is 1. The molecule has 1 rings (SSSR count). The van der Waals surface area contributed by atoms with E-state index in [1.165, 1.54) is 12.1 Å². The van der Waals surface area contributed by atoms with Crippen molar-refractivity contribution in [1.82, 2.24) is 5.32 Å². The monoisotopic (exact) mass is 197 g/mol. The second-order valence-electron chi connectivity index (χ2n) is 3.52. The van der Waals surface area contributed by atoms with Crippen LogP contribution < -0.4 is 5.32 Å². The van der Waals surface area contributed by atoms with Crippen LogP contribution in [-0.4, -0.2) is 17.8 Å². The molecule has 0 saturated carbocycles. The van der Waals surface area contributed by atoms with Gasteiger partial charge < -0.3 is 10.4 Å². The lowest BCUT2D eigenvalue weighted by Gasteiger charge is -2.18. The quantitative estimate of drug-likeness (QED) is 0.772. The number of aliphatic hydroxyl groups excluding tert-OH is 1. The highest BCUT2D eigenvalue weighted by Crippen LogP contribution is 2.13. The van der Waals surface area contributed by atoms with Gasteiger partial charge in [0.1, 0.15) is 5.82 Å². The summed E-state index contributed by atoms with van der Waals surface area (Å²) < 4.78 is 12.6. The molecule has 0 aliphatic carbocycles. The molecule has 0 heterocycles. The zero-order chi connectivity index (χ0) is 10.6. The summed E-state index contributed by atoms with van der Waals surface area (Å²) >= 11 is 0. The average Bonchev–Trinajstić information content (AvgIpc) is 2.18. The Labute approximate surface area is 83.8 Å². The van der Waals surface area contributed by atoms with Gasteiger partial charge in [-0.25, -0.2) is 4.39 Å². The van der Waals surface area contributed by atoms with E-state index in [0.717, 1.165) is 5.56 Å². The van der Waals surface area contributed by atoms with Gasteiger partial charge >= 0.3 is 0 Å². The zero-order valence-electron chi connectivity index (χ0n) is 8.50. The highest BCUT2D eigenvalue weighted by molar-refractivity contribution is 5.19. The first-order valence-corrected chi connectivity index (χ1v) is 4.76. The predicted octanol–water partition coefficient (Wildman–Crippen LogP) is 1.86. The fraction of sp³-hybridized carbons (Fsp3) is 0.455. The van der Waals surface area contributed by atoms with Crippen LogP contribution >= 0.6 is 0 Å². The lowest BCUT2D eigenvalue weighted by atomic mass is 10.1. The SMILES string of the molecule is C[C@H](CO)N[C@@H](C)c1ccc(F)cc1. The topological polar surface area (TPSA) is 32.3 Å². The van der Waals surface area contributed by atoms with Crippen molar-refractivity contribution in [3.63, 3.8) is 0 Å². The van der Waals surface area contributed by atoms with E-state index in [0.29, 0.717) is 0 Å². The summed E-state index contributed by atoms with van der Waals surface area (Å²) in [5, 5.41) is 12.0. The molecule has 2 N–H and O–H groups in total. The van der Waals surface area contributed by atoms with Gasteiger partial charge in [-0.05, 0) is 31.5 Å². The largest absolute Gasteiger partial charge is 0.395 e. The smallest absolute Gasteiger partial charge is 0.123 e. The van der Waals surface area contributed by atoms with Gasteiger partial charge in [0.05, 0.1) is 6.61 Å². The molecule has 0 saturated heterocycles. The Morgan fingerprint density at radius 3 is 2.36 bits per heavy atom. The number of hydrogen-bond acceptors (Lipinski definition) is 2. The van der Waals surface area contributed by atoms with E-state index in [1.54, 1.807) is 12.1 Å². The summed E-state index contributed by atoms with van der Waals surface area (Å²) in [5.74, 6) is -0.226. The fourth-order valence-corrected chi connectivity index (χ4v) is 1.33. The molecule has 0 fully saturated rings. The Bertz CT molecular complexity index is 273. The number of rotatable bonds is 4. The minimum absolute atomic E-state index is 0.0510. The highest BCUT2D eigenvalue weighted by Gasteiger charge is 2.07. The maximum atomic E-state index is 12.6. The van der Waals surface area contributed by atoms with Crippen LogP contribution in [0, 0.1) is 5.82 Å². The molecule has 0 bridgehead atoms. The summed E-state index contributed by atoms with van der Waals surface area (Å²) in [5.41, 5.74) is 1.02. The second-order valence-corrected chi connectivity index (χ2v) is 3.52. The lowest BCUT2D eigenvalue weighted by molar-refractivity contribution is 0.243. The van der Waals surface area contributed by atoms with Crippen LogP contribution in [0.15, 0.2) is 24.3 Å². The number of hydrogen-bond donors (Lipinski definition) is 2. The lowest BCUT2D eigenvalue weighted by Crippen LogP contribution is -2.31. The molecule has 0 aliphatic rings. The first-order chi connectivity index (χ1) is 6.63. The maximum Gasteiger partial charge on any atom is 0.123 e. The maximum absolute atomic E-state index is 12.6. The van der Waals surface area contributed by atoms with Crippen molar-refractivity contribution in [2.24, 2.45) is 0 Å². The summed E-state index contributed by atoms with van der Waals surface area (Å²) in [6.07, 6.45) is 0. The van der Waals surface area contributed by atoms with Gasteiger partial charge in [-0.2, -0.15) is 0 Å². The van der Waals surface area contributed by atoms with Gasteiger partial charge in [0.15, 0.2) is 0 Å². The molecule has 0 spiro atoms. The van der Waals surface area contributed by atoms with Gasteiger partial charge in [-0.15, -0.1) is 0 Å². The van der Waals surface area contributed by atoms with Crippen molar-refractivity contribution < 1.29 is 9.50 Å². The predicted molar refractivity (Wildman–Crippen MR) is 54.5 cm³/mol. The molecule has 0 aromatic heterocycles. The molecule has 1 aromatic rings. The molecular weight excluding hydrogens is 181 g/mol. The molecule has 2 nitrogen and oxygen atoms in total. The van der Waals surface area contributed by atoms with Gasteiger partial charge in [0.2, 0.25) is 0 Å². The van der Waals surface area contributed by atoms with Crippen LogP contribution in [0.25, 0.3) is 0 Å². The minimum atomic E-state index is -0.226. The van der Waals surface area contributed by atoms with Crippen molar-refractivity contribution in [2.75, 3.05) is 6.61 Å². The molecule has 0 radical (unpaired) electrons. The first kappa shape index (κ1) is 11.1. The van der Waals surface area contributed by atoms with E-state index in [1.807, 2.05) is 13.8 Å². The first-order valence-electron chi connectivity index (χ1n) is 4.76. The molecule has 1 aromatic carbocycles. The number of aliphatic hydroxyl groups is 1. The molecule has 0 aliphatic heterocycles. The molecule has 0 unspecified atom stereocenters. The average molecular weight is 197 g/mol. The van der Waals surface area contributed by atoms with E-state index in [9.17, 15) is 4.39 Å². The number of halogens is 1. The van der Waals surface area contributed by atoms with Gasteiger partial charge in [-0.3, -0.25) is 0 Å². The third-order valence-corrected chi connectivity index (χ3v) is 2.18. The van der Waals surface area contributed by atoms with Crippen LogP contribution in [-0.2, 0) is 0 Å². The third kappa shape index (κ3) is 3.09. The Kier molecular flexibility index (Phi) is 4.04.